The third-order valence-corrected chi connectivity index (χ3v) is 6.76. The molecule has 2 N–H and O–H groups in total. The number of rotatable bonds is 8. The van der Waals surface area contributed by atoms with Gasteiger partial charge in [-0.25, -0.2) is 8.42 Å². The van der Waals surface area contributed by atoms with Crippen LogP contribution in [0.3, 0.4) is 0 Å². The molecule has 1 aromatic rings. The van der Waals surface area contributed by atoms with Gasteiger partial charge in [-0.1, -0.05) is 20.8 Å². The molecule has 1 aliphatic heterocycles. The van der Waals surface area contributed by atoms with Gasteiger partial charge in [0.15, 0.2) is 0 Å². The monoisotopic (exact) mass is 381 g/mol. The average Bonchev–Trinajstić information content (AvgIpc) is 2.63. The summed E-state index contributed by atoms with van der Waals surface area (Å²) in [4.78, 5) is 12.7. The minimum Gasteiger partial charge on any atom is -0.348 e. The Labute approximate surface area is 157 Å². The zero-order valence-corrected chi connectivity index (χ0v) is 16.8. The van der Waals surface area contributed by atoms with Crippen molar-refractivity contribution in [3.63, 3.8) is 0 Å². The van der Waals surface area contributed by atoms with Gasteiger partial charge < -0.3 is 10.6 Å². The Balaban J connectivity index is 2.10. The molecular formula is C19H31N3O3S. The first-order valence-electron chi connectivity index (χ1n) is 9.52. The van der Waals surface area contributed by atoms with Gasteiger partial charge in [0.25, 0.3) is 5.91 Å². The highest BCUT2D eigenvalue weighted by Crippen LogP contribution is 2.18. The highest BCUT2D eigenvalue weighted by Gasteiger charge is 2.25. The highest BCUT2D eigenvalue weighted by atomic mass is 32.2. The molecule has 1 aromatic carbocycles. The fourth-order valence-electron chi connectivity index (χ4n) is 3.21. The summed E-state index contributed by atoms with van der Waals surface area (Å²) >= 11 is 0. The molecule has 26 heavy (non-hydrogen) atoms. The maximum atomic E-state index is 12.8. The van der Waals surface area contributed by atoms with E-state index in [-0.39, 0.29) is 16.8 Å². The number of hydrogen-bond acceptors (Lipinski definition) is 4. The van der Waals surface area contributed by atoms with Crippen LogP contribution in [0.5, 0.6) is 0 Å². The zero-order chi connectivity index (χ0) is 19.2. The van der Waals surface area contributed by atoms with Crippen molar-refractivity contribution in [3.05, 3.63) is 29.8 Å². The molecule has 1 saturated heterocycles. The minimum absolute atomic E-state index is 0.101. The molecule has 2 rings (SSSR count). The number of sulfonamides is 1. The Bertz CT molecular complexity index is 682. The summed E-state index contributed by atoms with van der Waals surface area (Å²) in [5, 5.41) is 6.33. The van der Waals surface area contributed by atoms with Crippen LogP contribution in [-0.2, 0) is 10.0 Å². The predicted octanol–water partition coefficient (Wildman–Crippen LogP) is 2.23. The second-order valence-electron chi connectivity index (χ2n) is 6.98. The summed E-state index contributed by atoms with van der Waals surface area (Å²) in [6.45, 7) is 8.82. The van der Waals surface area contributed by atoms with Crippen molar-refractivity contribution >= 4 is 15.9 Å². The van der Waals surface area contributed by atoms with Gasteiger partial charge in [-0.3, -0.25) is 4.79 Å². The van der Waals surface area contributed by atoms with Gasteiger partial charge in [-0.15, -0.1) is 0 Å². The Kier molecular flexibility index (Phi) is 7.61. The maximum Gasteiger partial charge on any atom is 0.251 e. The van der Waals surface area contributed by atoms with Gasteiger partial charge in [0.2, 0.25) is 10.0 Å². The van der Waals surface area contributed by atoms with Crippen molar-refractivity contribution in [2.24, 2.45) is 5.92 Å². The molecule has 2 atom stereocenters. The quantitative estimate of drug-likeness (QED) is 0.724. The Morgan fingerprint density at radius 2 is 1.81 bits per heavy atom. The second-order valence-corrected chi connectivity index (χ2v) is 8.92. The van der Waals surface area contributed by atoms with Gasteiger partial charge in [0.1, 0.15) is 0 Å². The third kappa shape index (κ3) is 5.05. The molecule has 1 aliphatic rings. The lowest BCUT2D eigenvalue weighted by atomic mass is 9.94. The van der Waals surface area contributed by atoms with Crippen LogP contribution in [0, 0.1) is 5.92 Å². The molecule has 0 aromatic heterocycles. The van der Waals surface area contributed by atoms with E-state index in [4.69, 9.17) is 0 Å². The fourth-order valence-corrected chi connectivity index (χ4v) is 4.84. The van der Waals surface area contributed by atoms with Crippen molar-refractivity contribution in [1.82, 2.24) is 14.9 Å². The number of carbonyl (C=O) groups excluding carboxylic acids is 1. The normalized spacial score (nSPS) is 20.9. The average molecular weight is 382 g/mol. The molecule has 0 radical (unpaired) electrons. The van der Waals surface area contributed by atoms with Crippen LogP contribution in [0.4, 0.5) is 0 Å². The molecule has 0 aliphatic carbocycles. The molecule has 1 heterocycles. The number of benzene rings is 1. The highest BCUT2D eigenvalue weighted by molar-refractivity contribution is 7.89. The van der Waals surface area contributed by atoms with E-state index >= 15 is 0 Å². The van der Waals surface area contributed by atoms with E-state index in [2.05, 4.69) is 17.6 Å². The first kappa shape index (κ1) is 20.9. The van der Waals surface area contributed by atoms with E-state index in [1.807, 2.05) is 13.8 Å². The van der Waals surface area contributed by atoms with Crippen molar-refractivity contribution in [3.8, 4) is 0 Å². The van der Waals surface area contributed by atoms with Crippen LogP contribution in [0.1, 0.15) is 50.4 Å². The molecule has 2 unspecified atom stereocenters. The Hall–Kier alpha value is -1.44. The largest absolute Gasteiger partial charge is 0.348 e. The maximum absolute atomic E-state index is 12.8. The Morgan fingerprint density at radius 3 is 2.35 bits per heavy atom. The molecule has 6 nitrogen and oxygen atoms in total. The van der Waals surface area contributed by atoms with E-state index in [0.717, 1.165) is 32.4 Å². The van der Waals surface area contributed by atoms with E-state index < -0.39 is 10.0 Å². The molecule has 7 heteroatoms. The van der Waals surface area contributed by atoms with Crippen LogP contribution in [0.2, 0.25) is 0 Å². The molecule has 1 fully saturated rings. The van der Waals surface area contributed by atoms with Gasteiger partial charge in [-0.2, -0.15) is 4.31 Å². The van der Waals surface area contributed by atoms with E-state index in [1.54, 1.807) is 12.1 Å². The molecule has 1 amide bonds. The predicted molar refractivity (Wildman–Crippen MR) is 104 cm³/mol. The summed E-state index contributed by atoms with van der Waals surface area (Å²) in [6.07, 6.45) is 2.58. The van der Waals surface area contributed by atoms with Crippen LogP contribution in [0.25, 0.3) is 0 Å². The fraction of sp³-hybridized carbons (Fsp3) is 0.632. The third-order valence-electron chi connectivity index (χ3n) is 4.84. The van der Waals surface area contributed by atoms with Crippen LogP contribution in [-0.4, -0.2) is 50.9 Å². The minimum atomic E-state index is -3.51. The number of hydrogen-bond donors (Lipinski definition) is 2. The lowest BCUT2D eigenvalue weighted by Crippen LogP contribution is -2.50. The van der Waals surface area contributed by atoms with Crippen LogP contribution < -0.4 is 10.6 Å². The summed E-state index contributed by atoms with van der Waals surface area (Å²) in [6, 6.07) is 6.36. The van der Waals surface area contributed by atoms with Gasteiger partial charge in [-0.05, 0) is 56.0 Å². The SMILES string of the molecule is CCCN(CCC)S(=O)(=O)c1ccc(C(=O)NC2CNCCC2C)cc1. The summed E-state index contributed by atoms with van der Waals surface area (Å²) in [5.74, 6) is 0.268. The second kappa shape index (κ2) is 9.48. The van der Waals surface area contributed by atoms with Crippen LogP contribution >= 0.6 is 0 Å². The van der Waals surface area contributed by atoms with E-state index in [0.29, 0.717) is 24.6 Å². The van der Waals surface area contributed by atoms with Gasteiger partial charge in [0, 0.05) is 31.2 Å². The standard InChI is InChI=1S/C19H31N3O3S/c1-4-12-22(13-5-2)26(24,25)17-8-6-16(7-9-17)19(23)21-18-14-20-11-10-15(18)3/h6-9,15,18,20H,4-5,10-14H2,1-3H3,(H,21,23). The molecule has 0 saturated carbocycles. The smallest absolute Gasteiger partial charge is 0.251 e. The van der Waals surface area contributed by atoms with Gasteiger partial charge >= 0.3 is 0 Å². The van der Waals surface area contributed by atoms with E-state index in [1.165, 1.54) is 16.4 Å². The summed E-state index contributed by atoms with van der Waals surface area (Å²) < 4.78 is 27.1. The molecule has 146 valence electrons. The summed E-state index contributed by atoms with van der Waals surface area (Å²) in [5.41, 5.74) is 0.485. The first-order chi connectivity index (χ1) is 12.4. The number of nitrogens with zero attached hydrogens (tertiary/aromatic N) is 1. The number of amides is 1. The van der Waals surface area contributed by atoms with Crippen LogP contribution in [0.15, 0.2) is 29.2 Å². The van der Waals surface area contributed by atoms with Crippen molar-refractivity contribution < 1.29 is 13.2 Å². The first-order valence-corrected chi connectivity index (χ1v) is 11.0. The lowest BCUT2D eigenvalue weighted by molar-refractivity contribution is 0.0915. The number of nitrogens with one attached hydrogen (secondary N) is 2. The zero-order valence-electron chi connectivity index (χ0n) is 16.0. The van der Waals surface area contributed by atoms with Crippen molar-refractivity contribution in [1.29, 1.82) is 0 Å². The molecule has 0 bridgehead atoms. The number of carbonyl (C=O) groups is 1. The van der Waals surface area contributed by atoms with Gasteiger partial charge in [0.05, 0.1) is 4.90 Å². The summed E-state index contributed by atoms with van der Waals surface area (Å²) in [7, 11) is -3.51. The van der Waals surface area contributed by atoms with E-state index in [9.17, 15) is 13.2 Å². The molecule has 0 spiro atoms. The lowest BCUT2D eigenvalue weighted by Gasteiger charge is -2.30. The van der Waals surface area contributed by atoms with Crippen molar-refractivity contribution in [2.45, 2.75) is 51.0 Å². The number of piperidine rings is 1. The molecular weight excluding hydrogens is 350 g/mol. The van der Waals surface area contributed by atoms with Crippen molar-refractivity contribution in [2.75, 3.05) is 26.2 Å². The Morgan fingerprint density at radius 1 is 1.19 bits per heavy atom. The topological polar surface area (TPSA) is 78.5 Å².